The van der Waals surface area contributed by atoms with Crippen LogP contribution in [0.5, 0.6) is 0 Å². The summed E-state index contributed by atoms with van der Waals surface area (Å²) in [6, 6.07) is 1.47. The molecule has 1 aliphatic heterocycles. The molecule has 1 aliphatic rings. The van der Waals surface area contributed by atoms with Crippen molar-refractivity contribution in [2.45, 2.75) is 52.1 Å². The van der Waals surface area contributed by atoms with E-state index >= 15 is 0 Å². The largest absolute Gasteiger partial charge is 0.317 e. The van der Waals surface area contributed by atoms with Crippen LogP contribution in [-0.4, -0.2) is 37.1 Å². The third kappa shape index (κ3) is 2.71. The maximum Gasteiger partial charge on any atom is 0.0117 e. The lowest BCUT2D eigenvalue weighted by Crippen LogP contribution is -2.52. The highest BCUT2D eigenvalue weighted by molar-refractivity contribution is 4.87. The maximum atomic E-state index is 3.43. The minimum absolute atomic E-state index is 0.725. The molecule has 3 unspecified atom stereocenters. The smallest absolute Gasteiger partial charge is 0.0117 e. The lowest BCUT2D eigenvalue weighted by Gasteiger charge is -2.42. The number of nitrogens with zero attached hydrogens (tertiary/aromatic N) is 1. The van der Waals surface area contributed by atoms with Crippen LogP contribution in [0.1, 0.15) is 40.0 Å². The SMILES string of the molecule is CCCCN1CCC(NC)C(C)C1C. The normalized spacial score (nSPS) is 34.7. The second kappa shape index (κ2) is 5.72. The quantitative estimate of drug-likeness (QED) is 0.744. The highest BCUT2D eigenvalue weighted by Crippen LogP contribution is 2.23. The van der Waals surface area contributed by atoms with Gasteiger partial charge in [0, 0.05) is 12.1 Å². The average Bonchev–Trinajstić information content (AvgIpc) is 2.20. The molecule has 1 saturated heterocycles. The second-order valence-electron chi connectivity index (χ2n) is 4.67. The molecule has 0 bridgehead atoms. The van der Waals surface area contributed by atoms with Crippen molar-refractivity contribution in [3.8, 4) is 0 Å². The predicted molar refractivity (Wildman–Crippen MR) is 62.6 cm³/mol. The number of piperidine rings is 1. The summed E-state index contributed by atoms with van der Waals surface area (Å²) in [6.07, 6.45) is 3.97. The van der Waals surface area contributed by atoms with E-state index in [2.05, 4.69) is 38.0 Å². The molecule has 84 valence electrons. The Hall–Kier alpha value is -0.0800. The first-order valence-corrected chi connectivity index (χ1v) is 6.12. The molecule has 0 aliphatic carbocycles. The van der Waals surface area contributed by atoms with Gasteiger partial charge in [-0.1, -0.05) is 20.3 Å². The van der Waals surface area contributed by atoms with E-state index < -0.39 is 0 Å². The third-order valence-electron chi connectivity index (χ3n) is 3.87. The van der Waals surface area contributed by atoms with E-state index in [9.17, 15) is 0 Å². The van der Waals surface area contributed by atoms with Gasteiger partial charge in [-0.3, -0.25) is 0 Å². The van der Waals surface area contributed by atoms with Crippen molar-refractivity contribution in [3.05, 3.63) is 0 Å². The van der Waals surface area contributed by atoms with Crippen molar-refractivity contribution in [2.24, 2.45) is 5.92 Å². The number of rotatable bonds is 4. The van der Waals surface area contributed by atoms with Gasteiger partial charge in [-0.25, -0.2) is 0 Å². The Bertz CT molecular complexity index is 158. The maximum absolute atomic E-state index is 3.43. The Morgan fingerprint density at radius 3 is 2.64 bits per heavy atom. The molecule has 0 aromatic heterocycles. The fourth-order valence-corrected chi connectivity index (χ4v) is 2.52. The molecule has 2 nitrogen and oxygen atoms in total. The minimum Gasteiger partial charge on any atom is -0.317 e. The zero-order valence-corrected chi connectivity index (χ0v) is 10.2. The van der Waals surface area contributed by atoms with Crippen LogP contribution in [-0.2, 0) is 0 Å². The summed E-state index contributed by atoms with van der Waals surface area (Å²) in [5, 5.41) is 3.43. The zero-order valence-electron chi connectivity index (χ0n) is 10.2. The van der Waals surface area contributed by atoms with Gasteiger partial charge in [0.2, 0.25) is 0 Å². The van der Waals surface area contributed by atoms with Crippen LogP contribution in [0.25, 0.3) is 0 Å². The van der Waals surface area contributed by atoms with Gasteiger partial charge in [0.1, 0.15) is 0 Å². The molecule has 2 heteroatoms. The summed E-state index contributed by atoms with van der Waals surface area (Å²) in [5.41, 5.74) is 0. The van der Waals surface area contributed by atoms with Crippen molar-refractivity contribution in [1.29, 1.82) is 0 Å². The molecule has 0 radical (unpaired) electrons. The first-order chi connectivity index (χ1) is 6.70. The molecule has 1 N–H and O–H groups in total. The van der Waals surface area contributed by atoms with E-state index in [1.54, 1.807) is 0 Å². The molecule has 0 spiro atoms. The van der Waals surface area contributed by atoms with Crippen molar-refractivity contribution in [3.63, 3.8) is 0 Å². The van der Waals surface area contributed by atoms with Gasteiger partial charge in [-0.2, -0.15) is 0 Å². The molecular formula is C12H26N2. The number of hydrogen-bond donors (Lipinski definition) is 1. The molecule has 1 rings (SSSR count). The standard InChI is InChI=1S/C12H26N2/c1-5-6-8-14-9-7-12(13-4)10(2)11(14)3/h10-13H,5-9H2,1-4H3. The molecule has 0 amide bonds. The lowest BCUT2D eigenvalue weighted by atomic mass is 9.87. The lowest BCUT2D eigenvalue weighted by molar-refractivity contribution is 0.0865. The van der Waals surface area contributed by atoms with Gasteiger partial charge >= 0.3 is 0 Å². The van der Waals surface area contributed by atoms with Crippen LogP contribution in [0.2, 0.25) is 0 Å². The molecule has 0 aromatic rings. The van der Waals surface area contributed by atoms with Crippen LogP contribution in [0, 0.1) is 5.92 Å². The summed E-state index contributed by atoms with van der Waals surface area (Å²) in [5.74, 6) is 0.783. The Labute approximate surface area is 89.1 Å². The number of likely N-dealkylation sites (tertiary alicyclic amines) is 1. The van der Waals surface area contributed by atoms with E-state index in [0.717, 1.165) is 18.0 Å². The van der Waals surface area contributed by atoms with Gasteiger partial charge in [0.15, 0.2) is 0 Å². The Morgan fingerprint density at radius 1 is 1.36 bits per heavy atom. The van der Waals surface area contributed by atoms with Crippen LogP contribution < -0.4 is 5.32 Å². The molecule has 0 saturated carbocycles. The summed E-state index contributed by atoms with van der Waals surface area (Å²) < 4.78 is 0. The Morgan fingerprint density at radius 2 is 2.07 bits per heavy atom. The van der Waals surface area contributed by atoms with Crippen molar-refractivity contribution in [1.82, 2.24) is 10.2 Å². The Balaban J connectivity index is 2.42. The molecule has 1 fully saturated rings. The van der Waals surface area contributed by atoms with E-state index in [1.807, 2.05) is 0 Å². The number of nitrogens with one attached hydrogen (secondary N) is 1. The van der Waals surface area contributed by atoms with Crippen molar-refractivity contribution in [2.75, 3.05) is 20.1 Å². The van der Waals surface area contributed by atoms with Gasteiger partial charge in [-0.15, -0.1) is 0 Å². The molecule has 1 heterocycles. The highest BCUT2D eigenvalue weighted by Gasteiger charge is 2.30. The van der Waals surface area contributed by atoms with E-state index in [1.165, 1.54) is 32.4 Å². The van der Waals surface area contributed by atoms with E-state index in [-0.39, 0.29) is 0 Å². The first-order valence-electron chi connectivity index (χ1n) is 6.12. The van der Waals surface area contributed by atoms with Crippen LogP contribution in [0.15, 0.2) is 0 Å². The van der Waals surface area contributed by atoms with Crippen LogP contribution in [0.3, 0.4) is 0 Å². The fraction of sp³-hybridized carbons (Fsp3) is 1.00. The topological polar surface area (TPSA) is 15.3 Å². The second-order valence-corrected chi connectivity index (χ2v) is 4.67. The number of hydrogen-bond acceptors (Lipinski definition) is 2. The van der Waals surface area contributed by atoms with Gasteiger partial charge in [0.05, 0.1) is 0 Å². The number of unbranched alkanes of at least 4 members (excludes halogenated alkanes) is 1. The molecular weight excluding hydrogens is 172 g/mol. The van der Waals surface area contributed by atoms with E-state index in [0.29, 0.717) is 0 Å². The van der Waals surface area contributed by atoms with Crippen molar-refractivity contribution >= 4 is 0 Å². The van der Waals surface area contributed by atoms with Crippen LogP contribution in [0.4, 0.5) is 0 Å². The molecule has 0 aromatic carbocycles. The minimum atomic E-state index is 0.725. The average molecular weight is 198 g/mol. The fourth-order valence-electron chi connectivity index (χ4n) is 2.52. The van der Waals surface area contributed by atoms with Crippen molar-refractivity contribution < 1.29 is 0 Å². The summed E-state index contributed by atoms with van der Waals surface area (Å²) in [7, 11) is 2.09. The summed E-state index contributed by atoms with van der Waals surface area (Å²) in [6.45, 7) is 9.59. The van der Waals surface area contributed by atoms with Gasteiger partial charge in [-0.05, 0) is 45.8 Å². The summed E-state index contributed by atoms with van der Waals surface area (Å²) >= 11 is 0. The molecule has 14 heavy (non-hydrogen) atoms. The van der Waals surface area contributed by atoms with Gasteiger partial charge < -0.3 is 10.2 Å². The predicted octanol–water partition coefficient (Wildman–Crippen LogP) is 2.10. The Kier molecular flexibility index (Phi) is 4.90. The van der Waals surface area contributed by atoms with Gasteiger partial charge in [0.25, 0.3) is 0 Å². The zero-order chi connectivity index (χ0) is 10.6. The van der Waals surface area contributed by atoms with E-state index in [4.69, 9.17) is 0 Å². The summed E-state index contributed by atoms with van der Waals surface area (Å²) in [4.78, 5) is 2.65. The van der Waals surface area contributed by atoms with Crippen LogP contribution >= 0.6 is 0 Å². The monoisotopic (exact) mass is 198 g/mol. The molecule has 3 atom stereocenters. The third-order valence-corrected chi connectivity index (χ3v) is 3.87. The first kappa shape index (κ1) is 12.0. The highest BCUT2D eigenvalue weighted by atomic mass is 15.2.